The molecule has 4 heterocycles. The molecule has 2 aliphatic carbocycles. The van der Waals surface area contributed by atoms with E-state index < -0.39 is 11.6 Å². The summed E-state index contributed by atoms with van der Waals surface area (Å²) in [6, 6.07) is 8.10. The van der Waals surface area contributed by atoms with Gasteiger partial charge in [0.2, 0.25) is 0 Å². The molecule has 1 spiro atoms. The summed E-state index contributed by atoms with van der Waals surface area (Å²) in [4.78, 5) is 14.3. The summed E-state index contributed by atoms with van der Waals surface area (Å²) in [5.41, 5.74) is 0.315. The molecular formula is C38H39F2N5O4. The summed E-state index contributed by atoms with van der Waals surface area (Å²) in [6.45, 7) is 5.43. The molecule has 0 amide bonds. The van der Waals surface area contributed by atoms with E-state index in [1.54, 1.807) is 6.07 Å². The number of rotatable bonds is 8. The first kappa shape index (κ1) is 30.8. The van der Waals surface area contributed by atoms with Gasteiger partial charge in [-0.25, -0.2) is 8.78 Å². The molecule has 5 fully saturated rings. The number of phenolic OH excluding ortho intramolecular Hbond substituents is 1. The van der Waals surface area contributed by atoms with Crippen molar-refractivity contribution < 1.29 is 28.1 Å². The molecule has 2 atom stereocenters. The number of phenols is 1. The van der Waals surface area contributed by atoms with Crippen molar-refractivity contribution in [1.82, 2.24) is 20.2 Å². The van der Waals surface area contributed by atoms with Crippen LogP contribution in [0.4, 0.5) is 14.6 Å². The van der Waals surface area contributed by atoms with Gasteiger partial charge < -0.3 is 29.5 Å². The van der Waals surface area contributed by atoms with Crippen molar-refractivity contribution in [3.8, 4) is 41.0 Å². The van der Waals surface area contributed by atoms with Crippen LogP contribution >= 0.6 is 0 Å². The second kappa shape index (κ2) is 11.4. The Bertz CT molecular complexity index is 2030. The highest BCUT2D eigenvalue weighted by atomic mass is 19.1. The van der Waals surface area contributed by atoms with Crippen molar-refractivity contribution >= 4 is 27.5 Å². The smallest absolute Gasteiger partial charge is 0.319 e. The van der Waals surface area contributed by atoms with Gasteiger partial charge in [0.15, 0.2) is 5.82 Å². The Morgan fingerprint density at radius 2 is 1.90 bits per heavy atom. The molecule has 3 saturated heterocycles. The van der Waals surface area contributed by atoms with Crippen LogP contribution in [0.1, 0.15) is 44.1 Å². The first-order chi connectivity index (χ1) is 23.8. The fraction of sp³-hybridized carbons (Fsp3) is 0.474. The molecule has 3 aliphatic heterocycles. The van der Waals surface area contributed by atoms with Gasteiger partial charge in [-0.3, -0.25) is 4.90 Å². The summed E-state index contributed by atoms with van der Waals surface area (Å²) in [5.74, 6) is 1.78. The molecule has 2 bridgehead atoms. The third kappa shape index (κ3) is 5.41. The van der Waals surface area contributed by atoms with Crippen molar-refractivity contribution in [2.24, 2.45) is 5.41 Å². The molecule has 9 rings (SSSR count). The van der Waals surface area contributed by atoms with E-state index >= 15 is 8.78 Å². The fourth-order valence-electron chi connectivity index (χ4n) is 8.34. The van der Waals surface area contributed by atoms with Gasteiger partial charge in [0.25, 0.3) is 0 Å². The number of piperazine rings is 1. The minimum Gasteiger partial charge on any atom is -0.508 e. The molecule has 4 aromatic rings. The van der Waals surface area contributed by atoms with E-state index in [0.29, 0.717) is 40.7 Å². The number of methoxy groups -OCH3 is 1. The lowest BCUT2D eigenvalue weighted by atomic mass is 9.92. The second-order valence-electron chi connectivity index (χ2n) is 14.7. The number of morpholine rings is 1. The zero-order chi connectivity index (χ0) is 33.5. The topological polar surface area (TPSA) is 92.2 Å². The first-order valence-corrected chi connectivity index (χ1v) is 17.3. The maximum Gasteiger partial charge on any atom is 0.319 e. The molecule has 0 radical (unpaired) electrons. The monoisotopic (exact) mass is 667 g/mol. The van der Waals surface area contributed by atoms with Crippen LogP contribution in [0, 0.1) is 29.4 Å². The average Bonchev–Trinajstić information content (AvgIpc) is 4.02. The van der Waals surface area contributed by atoms with Gasteiger partial charge in [-0.1, -0.05) is 12.0 Å². The number of nitrogens with zero attached hydrogens (tertiary/aromatic N) is 4. The molecule has 3 aromatic carbocycles. The standard InChI is InChI=1S/C38H39F2N5O4/c1-3-26-29(39)7-4-22-14-25(46)15-27(31(22)26)32-30(47-2)16-28-34(33(32)40)42-36(43-35(28)45-17-23-5-6-24(18-45)41-23)48-21-37(8-9-37)19-44-12-13-49-38(20-44)10-11-38/h1,4,7,14-16,23-24,41,46H,5-6,8-13,17-21H2,2H3. The summed E-state index contributed by atoms with van der Waals surface area (Å²) in [7, 11) is 1.45. The lowest BCUT2D eigenvalue weighted by Crippen LogP contribution is -2.51. The molecule has 49 heavy (non-hydrogen) atoms. The fourth-order valence-corrected chi connectivity index (χ4v) is 8.34. The van der Waals surface area contributed by atoms with Gasteiger partial charge in [-0.05, 0) is 68.2 Å². The van der Waals surface area contributed by atoms with Crippen molar-refractivity contribution in [3.63, 3.8) is 0 Å². The average molecular weight is 668 g/mol. The number of benzene rings is 3. The van der Waals surface area contributed by atoms with E-state index in [1.165, 1.54) is 31.4 Å². The van der Waals surface area contributed by atoms with Crippen LogP contribution in [0.5, 0.6) is 17.5 Å². The molecule has 11 heteroatoms. The molecule has 2 N–H and O–H groups in total. The summed E-state index contributed by atoms with van der Waals surface area (Å²) in [5, 5.41) is 15.6. The summed E-state index contributed by atoms with van der Waals surface area (Å²) < 4.78 is 50.5. The third-order valence-corrected chi connectivity index (χ3v) is 11.2. The Kier molecular flexibility index (Phi) is 7.17. The zero-order valence-electron chi connectivity index (χ0n) is 27.5. The Balaban J connectivity index is 1.15. The van der Waals surface area contributed by atoms with E-state index in [2.05, 4.69) is 21.0 Å². The van der Waals surface area contributed by atoms with Crippen LogP contribution in [-0.2, 0) is 4.74 Å². The second-order valence-corrected chi connectivity index (χ2v) is 14.7. The van der Waals surface area contributed by atoms with Crippen molar-refractivity contribution in [2.75, 3.05) is 57.9 Å². The number of fused-ring (bicyclic) bond motifs is 4. The molecule has 9 nitrogen and oxygen atoms in total. The van der Waals surface area contributed by atoms with Crippen LogP contribution in [0.3, 0.4) is 0 Å². The lowest BCUT2D eigenvalue weighted by molar-refractivity contribution is -0.0532. The summed E-state index contributed by atoms with van der Waals surface area (Å²) in [6.07, 6.45) is 12.3. The normalized spacial score (nSPS) is 23.6. The SMILES string of the molecule is C#Cc1c(F)ccc2cc(O)cc(-c3c(OC)cc4c(N5CC6CCC(C5)N6)nc(OCC5(CN6CCOC7(CC7)C6)CC5)nc4c3F)c12. The van der Waals surface area contributed by atoms with Gasteiger partial charge in [0.1, 0.15) is 28.7 Å². The number of ether oxygens (including phenoxy) is 3. The largest absolute Gasteiger partial charge is 0.508 e. The Labute approximate surface area is 283 Å². The highest BCUT2D eigenvalue weighted by molar-refractivity contribution is 6.05. The van der Waals surface area contributed by atoms with Crippen molar-refractivity contribution in [3.05, 3.63) is 47.5 Å². The highest BCUT2D eigenvalue weighted by Gasteiger charge is 2.51. The van der Waals surface area contributed by atoms with E-state index in [-0.39, 0.29) is 50.7 Å². The van der Waals surface area contributed by atoms with E-state index in [0.717, 1.165) is 77.9 Å². The number of hydrogen-bond donors (Lipinski definition) is 2. The molecule has 5 aliphatic rings. The minimum absolute atomic E-state index is 0.000154. The number of nitrogens with one attached hydrogen (secondary N) is 1. The van der Waals surface area contributed by atoms with Crippen molar-refractivity contribution in [1.29, 1.82) is 0 Å². The van der Waals surface area contributed by atoms with Gasteiger partial charge >= 0.3 is 6.01 Å². The Morgan fingerprint density at radius 1 is 1.10 bits per heavy atom. The molecule has 254 valence electrons. The minimum atomic E-state index is -0.690. The number of halogens is 2. The number of hydrogen-bond acceptors (Lipinski definition) is 9. The van der Waals surface area contributed by atoms with Gasteiger partial charge in [0, 0.05) is 66.6 Å². The van der Waals surface area contributed by atoms with Crippen LogP contribution in [0.2, 0.25) is 0 Å². The molecule has 1 aromatic heterocycles. The third-order valence-electron chi connectivity index (χ3n) is 11.2. The summed E-state index contributed by atoms with van der Waals surface area (Å²) >= 11 is 0. The number of anilines is 1. The molecule has 2 saturated carbocycles. The van der Waals surface area contributed by atoms with Crippen LogP contribution in [0.25, 0.3) is 32.8 Å². The van der Waals surface area contributed by atoms with Gasteiger partial charge in [-0.15, -0.1) is 6.42 Å². The number of aromatic nitrogens is 2. The number of aromatic hydroxyl groups is 1. The van der Waals surface area contributed by atoms with Crippen LogP contribution < -0.4 is 19.7 Å². The highest BCUT2D eigenvalue weighted by Crippen LogP contribution is 2.49. The van der Waals surface area contributed by atoms with Crippen LogP contribution in [-0.4, -0.2) is 90.7 Å². The predicted molar refractivity (Wildman–Crippen MR) is 182 cm³/mol. The Morgan fingerprint density at radius 3 is 2.61 bits per heavy atom. The van der Waals surface area contributed by atoms with Crippen molar-refractivity contribution in [2.45, 2.75) is 56.2 Å². The van der Waals surface area contributed by atoms with E-state index in [9.17, 15) is 5.11 Å². The lowest BCUT2D eigenvalue weighted by Gasteiger charge is -2.35. The Hall–Kier alpha value is -4.24. The first-order valence-electron chi connectivity index (χ1n) is 17.3. The number of terminal acetylenes is 1. The van der Waals surface area contributed by atoms with E-state index in [1.807, 2.05) is 0 Å². The maximum absolute atomic E-state index is 17.3. The zero-order valence-corrected chi connectivity index (χ0v) is 27.5. The maximum atomic E-state index is 17.3. The van der Waals surface area contributed by atoms with Gasteiger partial charge in [0.05, 0.1) is 37.1 Å². The molecular weight excluding hydrogens is 628 g/mol. The quantitative estimate of drug-likeness (QED) is 0.240. The molecule has 2 unspecified atom stereocenters. The van der Waals surface area contributed by atoms with E-state index in [4.69, 9.17) is 30.6 Å². The predicted octanol–water partition coefficient (Wildman–Crippen LogP) is 5.39. The van der Waals surface area contributed by atoms with Crippen LogP contribution in [0.15, 0.2) is 30.3 Å². The van der Waals surface area contributed by atoms with Gasteiger partial charge in [-0.2, -0.15) is 9.97 Å².